The lowest BCUT2D eigenvalue weighted by molar-refractivity contribution is -0.122. The molecule has 2 N–H and O–H groups in total. The third-order valence-corrected chi connectivity index (χ3v) is 10.9. The lowest BCUT2D eigenvalue weighted by Gasteiger charge is -2.26. The molecule has 0 saturated heterocycles. The van der Waals surface area contributed by atoms with Crippen molar-refractivity contribution in [2.24, 2.45) is 5.92 Å². The van der Waals surface area contributed by atoms with Gasteiger partial charge in [-0.2, -0.15) is 0 Å². The second-order valence-electron chi connectivity index (χ2n) is 13.7. The highest BCUT2D eigenvalue weighted by Crippen LogP contribution is 2.23. The van der Waals surface area contributed by atoms with Gasteiger partial charge in [0, 0.05) is 55.9 Å². The van der Waals surface area contributed by atoms with Crippen molar-refractivity contribution in [1.82, 2.24) is 35.1 Å². The van der Waals surface area contributed by atoms with E-state index in [0.717, 1.165) is 26.7 Å². The van der Waals surface area contributed by atoms with Crippen LogP contribution in [0.15, 0.2) is 96.5 Å². The van der Waals surface area contributed by atoms with Gasteiger partial charge in [-0.05, 0) is 49.1 Å². The number of aryl methyl sites for hydroxylation is 1. The minimum absolute atomic E-state index is 0.0277. The predicted molar refractivity (Wildman–Crippen MR) is 209 cm³/mol. The summed E-state index contributed by atoms with van der Waals surface area (Å²) in [6.07, 6.45) is 9.78. The highest BCUT2D eigenvalue weighted by atomic mass is 32.1. The summed E-state index contributed by atoms with van der Waals surface area (Å²) in [5.41, 5.74) is 4.76. The number of nitrogens with one attached hydrogen (secondary N) is 2. The van der Waals surface area contributed by atoms with E-state index in [4.69, 9.17) is 4.74 Å². The van der Waals surface area contributed by atoms with E-state index in [9.17, 15) is 14.4 Å². The summed E-state index contributed by atoms with van der Waals surface area (Å²) in [5.74, 6) is 0.252. The van der Waals surface area contributed by atoms with Gasteiger partial charge in [0.1, 0.15) is 6.61 Å². The van der Waals surface area contributed by atoms with Crippen LogP contribution >= 0.6 is 22.7 Å². The fourth-order valence-corrected chi connectivity index (χ4v) is 7.45. The topological polar surface area (TPSA) is 131 Å². The lowest BCUT2D eigenvalue weighted by atomic mass is 9.86. The molecule has 0 spiro atoms. The van der Waals surface area contributed by atoms with E-state index < -0.39 is 12.1 Å². The Morgan fingerprint density at radius 1 is 0.906 bits per heavy atom. The van der Waals surface area contributed by atoms with Gasteiger partial charge in [0.2, 0.25) is 0 Å². The largest absolute Gasteiger partial charge is 0.444 e. The molecule has 13 heteroatoms. The number of carbonyl (C=O) groups excluding carboxylic acids is 3. The SMILES string of the molecule is CC(C)c1nc(CN(C)C(=O)N[C@@H](CCn2ccnc2)C(=O)C[C@@H](CC[C@@H](Cc2ccccc2)NC(=O)OCc2cncs2)Cc2ccccc2)cs1. The zero-order valence-corrected chi connectivity index (χ0v) is 32.2. The first-order chi connectivity index (χ1) is 25.7. The van der Waals surface area contributed by atoms with Crippen LogP contribution in [-0.2, 0) is 42.1 Å². The van der Waals surface area contributed by atoms with Gasteiger partial charge >= 0.3 is 12.1 Å². The molecule has 0 unspecified atom stereocenters. The fourth-order valence-electron chi connectivity index (χ4n) is 6.11. The van der Waals surface area contributed by atoms with Crippen molar-refractivity contribution in [2.45, 2.75) is 90.1 Å². The molecule has 0 aliphatic carbocycles. The fraction of sp³-hybridized carbons (Fsp3) is 0.400. The Balaban J connectivity index is 1.28. The number of hydrogen-bond acceptors (Lipinski definition) is 9. The first-order valence-corrected chi connectivity index (χ1v) is 19.8. The number of thiazole rings is 2. The van der Waals surface area contributed by atoms with Crippen molar-refractivity contribution in [3.05, 3.63) is 123 Å². The first-order valence-electron chi connectivity index (χ1n) is 18.0. The van der Waals surface area contributed by atoms with Crippen LogP contribution in [0.25, 0.3) is 0 Å². The average molecular weight is 756 g/mol. The predicted octanol–water partition coefficient (Wildman–Crippen LogP) is 7.66. The molecule has 3 atom stereocenters. The van der Waals surface area contributed by atoms with Gasteiger partial charge in [0.25, 0.3) is 0 Å². The van der Waals surface area contributed by atoms with Gasteiger partial charge in [0.15, 0.2) is 5.78 Å². The van der Waals surface area contributed by atoms with Crippen LogP contribution in [0, 0.1) is 5.92 Å². The summed E-state index contributed by atoms with van der Waals surface area (Å²) in [6, 6.07) is 18.9. The standard InChI is InChI=1S/C40H49N7O4S2/c1-29(2)38-43-34(26-52-38)24-46(3)39(49)45-36(16-18-47-19-17-41-27-47)37(48)22-32(20-30-10-6-4-7-11-30)14-15-33(21-31-12-8-5-9-13-31)44-40(50)51-25-35-23-42-28-53-35/h4-13,17,19,23,26-29,32-33,36H,14-16,18,20-22,24-25H2,1-3H3,(H,44,50)(H,45,49)/t32-,33-,36-/m0/s1. The molecular weight excluding hydrogens is 707 g/mol. The van der Waals surface area contributed by atoms with E-state index in [1.54, 1.807) is 47.5 Å². The van der Waals surface area contributed by atoms with Crippen LogP contribution in [-0.4, -0.2) is 61.5 Å². The third-order valence-electron chi connectivity index (χ3n) is 8.99. The highest BCUT2D eigenvalue weighted by Gasteiger charge is 2.27. The minimum Gasteiger partial charge on any atom is -0.444 e. The maximum absolute atomic E-state index is 14.2. The molecule has 280 valence electrons. The number of carbonyl (C=O) groups is 3. The number of alkyl carbamates (subject to hydrolysis) is 1. The van der Waals surface area contributed by atoms with Gasteiger partial charge in [-0.1, -0.05) is 74.5 Å². The van der Waals surface area contributed by atoms with Crippen LogP contribution < -0.4 is 10.6 Å². The van der Waals surface area contributed by atoms with Crippen molar-refractivity contribution < 1.29 is 19.1 Å². The number of imidazole rings is 1. The van der Waals surface area contributed by atoms with E-state index in [2.05, 4.69) is 51.6 Å². The average Bonchev–Trinajstić information content (AvgIpc) is 3.96. The van der Waals surface area contributed by atoms with Crippen molar-refractivity contribution >= 4 is 40.6 Å². The summed E-state index contributed by atoms with van der Waals surface area (Å²) in [7, 11) is 1.72. The summed E-state index contributed by atoms with van der Waals surface area (Å²) in [5, 5.41) is 9.15. The minimum atomic E-state index is -0.702. The second kappa shape index (κ2) is 20.4. The number of urea groups is 1. The van der Waals surface area contributed by atoms with E-state index in [0.29, 0.717) is 51.1 Å². The van der Waals surface area contributed by atoms with E-state index in [-0.39, 0.29) is 36.8 Å². The Hall–Kier alpha value is -4.88. The van der Waals surface area contributed by atoms with Crippen LogP contribution in [0.4, 0.5) is 9.59 Å². The molecule has 0 radical (unpaired) electrons. The van der Waals surface area contributed by atoms with E-state index in [1.165, 1.54) is 11.3 Å². The Labute approximate surface area is 319 Å². The zero-order chi connectivity index (χ0) is 37.4. The summed E-state index contributed by atoms with van der Waals surface area (Å²) < 4.78 is 7.44. The lowest BCUT2D eigenvalue weighted by Crippen LogP contribution is -2.47. The van der Waals surface area contributed by atoms with Crippen molar-refractivity contribution in [3.63, 3.8) is 0 Å². The van der Waals surface area contributed by atoms with Crippen molar-refractivity contribution in [2.75, 3.05) is 7.05 Å². The number of rotatable bonds is 20. The smallest absolute Gasteiger partial charge is 0.407 e. The summed E-state index contributed by atoms with van der Waals surface area (Å²) in [6.45, 7) is 5.22. The number of ether oxygens (including phenoxy) is 1. The Bertz CT molecular complexity index is 1820. The second-order valence-corrected chi connectivity index (χ2v) is 15.5. The molecule has 0 bridgehead atoms. The molecule has 0 fully saturated rings. The Morgan fingerprint density at radius 2 is 1.64 bits per heavy atom. The summed E-state index contributed by atoms with van der Waals surface area (Å²) in [4.78, 5) is 56.0. The molecule has 5 aromatic rings. The van der Waals surface area contributed by atoms with Crippen molar-refractivity contribution in [1.29, 1.82) is 0 Å². The number of amides is 3. The molecule has 0 aliphatic heterocycles. The normalized spacial score (nSPS) is 12.9. The van der Waals surface area contributed by atoms with Gasteiger partial charge in [-0.15, -0.1) is 22.7 Å². The van der Waals surface area contributed by atoms with Gasteiger partial charge in [-0.3, -0.25) is 9.78 Å². The molecule has 11 nitrogen and oxygen atoms in total. The molecule has 3 amide bonds. The van der Waals surface area contributed by atoms with Crippen LogP contribution in [0.1, 0.15) is 72.2 Å². The van der Waals surface area contributed by atoms with Gasteiger partial charge in [-0.25, -0.2) is 19.6 Å². The number of ketones is 1. The maximum Gasteiger partial charge on any atom is 0.407 e. The molecule has 0 saturated carbocycles. The molecule has 0 aliphatic rings. The monoisotopic (exact) mass is 755 g/mol. The first kappa shape index (κ1) is 39.3. The van der Waals surface area contributed by atoms with Crippen LogP contribution in [0.2, 0.25) is 0 Å². The number of nitrogens with zero attached hydrogens (tertiary/aromatic N) is 5. The number of benzene rings is 2. The van der Waals surface area contributed by atoms with Crippen LogP contribution in [0.3, 0.4) is 0 Å². The highest BCUT2D eigenvalue weighted by molar-refractivity contribution is 7.09. The third kappa shape index (κ3) is 13.2. The van der Waals surface area contributed by atoms with Crippen LogP contribution in [0.5, 0.6) is 0 Å². The van der Waals surface area contributed by atoms with Gasteiger partial charge in [0.05, 0.1) is 40.0 Å². The van der Waals surface area contributed by atoms with Gasteiger partial charge < -0.3 is 24.8 Å². The molecule has 53 heavy (non-hydrogen) atoms. The summed E-state index contributed by atoms with van der Waals surface area (Å²) >= 11 is 3.03. The molecule has 5 rings (SSSR count). The Kier molecular flexibility index (Phi) is 15.1. The zero-order valence-electron chi connectivity index (χ0n) is 30.6. The Morgan fingerprint density at radius 3 is 2.28 bits per heavy atom. The van der Waals surface area contributed by atoms with Crippen molar-refractivity contribution in [3.8, 4) is 0 Å². The number of hydrogen-bond donors (Lipinski definition) is 2. The number of Topliss-reactive ketones (excluding diaryl/α,β-unsaturated/α-hetero) is 1. The quantitative estimate of drug-likeness (QED) is 0.0834. The molecule has 3 heterocycles. The van der Waals surface area contributed by atoms with E-state index >= 15 is 0 Å². The molecule has 2 aromatic carbocycles. The maximum atomic E-state index is 14.2. The number of aromatic nitrogens is 4. The molecule has 3 aromatic heterocycles. The van der Waals surface area contributed by atoms with E-state index in [1.807, 2.05) is 64.7 Å². The molecular formula is C40H49N7O4S2.